The molecule has 1 heterocycles. The number of nitrogens with zero attached hydrogens (tertiary/aromatic N) is 2. The Labute approximate surface area is 378 Å². The number of para-hydroxylation sites is 4. The third-order valence-corrected chi connectivity index (χ3v) is 12.6. The van der Waals surface area contributed by atoms with Gasteiger partial charge in [-0.05, 0) is 117 Å². The molecular formula is C62H42N2O. The highest BCUT2D eigenvalue weighted by atomic mass is 16.3. The number of hydrogen-bond acceptors (Lipinski definition) is 3. The summed E-state index contributed by atoms with van der Waals surface area (Å²) in [6.07, 6.45) is 0. The second kappa shape index (κ2) is 16.2. The average molecular weight is 831 g/mol. The van der Waals surface area contributed by atoms with Crippen LogP contribution in [0.1, 0.15) is 0 Å². The first-order valence-electron chi connectivity index (χ1n) is 22.2. The largest absolute Gasteiger partial charge is 0.456 e. The van der Waals surface area contributed by atoms with Crippen molar-refractivity contribution >= 4 is 77.6 Å². The van der Waals surface area contributed by atoms with Crippen molar-refractivity contribution in [2.75, 3.05) is 9.80 Å². The van der Waals surface area contributed by atoms with E-state index in [0.29, 0.717) is 0 Å². The molecule has 0 N–H and O–H groups in total. The summed E-state index contributed by atoms with van der Waals surface area (Å²) in [5, 5.41) is 6.75. The summed E-state index contributed by atoms with van der Waals surface area (Å²) < 4.78 is 6.81. The van der Waals surface area contributed by atoms with E-state index in [0.717, 1.165) is 88.7 Å². The quantitative estimate of drug-likeness (QED) is 0.144. The lowest BCUT2D eigenvalue weighted by atomic mass is 9.98. The normalized spacial score (nSPS) is 11.4. The molecule has 65 heavy (non-hydrogen) atoms. The van der Waals surface area contributed by atoms with E-state index in [4.69, 9.17) is 4.42 Å². The molecule has 11 aromatic carbocycles. The van der Waals surface area contributed by atoms with Gasteiger partial charge in [-0.15, -0.1) is 0 Å². The first-order valence-corrected chi connectivity index (χ1v) is 22.2. The number of furan rings is 1. The summed E-state index contributed by atoms with van der Waals surface area (Å²) in [5.74, 6) is 0. The molecule has 0 saturated carbocycles. The van der Waals surface area contributed by atoms with Gasteiger partial charge in [-0.3, -0.25) is 0 Å². The molecule has 0 atom stereocenters. The van der Waals surface area contributed by atoms with Crippen molar-refractivity contribution < 1.29 is 4.42 Å². The number of fused-ring (bicyclic) bond motifs is 5. The van der Waals surface area contributed by atoms with Crippen LogP contribution in [0.3, 0.4) is 0 Å². The van der Waals surface area contributed by atoms with Crippen LogP contribution in [0.2, 0.25) is 0 Å². The standard InChI is InChI=1S/C62H42N2O/c1-5-19-43(20-6-1)53-27-13-16-30-58(53)63(50-25-11-4-12-26-50)51-35-33-46-39-56-57-40-47-34-36-52(38-49(47)42-62(57)65-61(56)41-48(46)37-51)64(59-31-17-14-28-54(59)44-21-7-2-8-22-44)60-32-18-15-29-55(60)45-23-9-3-10-24-45/h1-42H. The maximum Gasteiger partial charge on any atom is 0.136 e. The van der Waals surface area contributed by atoms with Crippen molar-refractivity contribution in [2.24, 2.45) is 0 Å². The van der Waals surface area contributed by atoms with Crippen LogP contribution in [0.25, 0.3) is 76.9 Å². The van der Waals surface area contributed by atoms with E-state index in [9.17, 15) is 0 Å². The van der Waals surface area contributed by atoms with Crippen molar-refractivity contribution in [2.45, 2.75) is 0 Å². The predicted octanol–water partition coefficient (Wildman–Crippen LogP) is 17.8. The van der Waals surface area contributed by atoms with E-state index in [-0.39, 0.29) is 0 Å². The van der Waals surface area contributed by atoms with Crippen LogP contribution in [0.5, 0.6) is 0 Å². The monoisotopic (exact) mass is 830 g/mol. The average Bonchev–Trinajstić information content (AvgIpc) is 3.72. The molecule has 1 aromatic heterocycles. The SMILES string of the molecule is c1ccc(-c2ccccc2N(c2ccccc2)c2ccc3cc4c(cc3c2)oc2cc3cc(N(c5ccccc5-c5ccccc5)c5ccccc5-c5ccccc5)ccc3cc24)cc1. The Morgan fingerprint density at radius 2 is 0.600 bits per heavy atom. The Morgan fingerprint density at radius 3 is 1.03 bits per heavy atom. The molecular weight excluding hydrogens is 789 g/mol. The minimum Gasteiger partial charge on any atom is -0.456 e. The molecule has 3 heteroatoms. The van der Waals surface area contributed by atoms with Gasteiger partial charge in [0.2, 0.25) is 0 Å². The lowest BCUT2D eigenvalue weighted by molar-refractivity contribution is 0.670. The second-order valence-corrected chi connectivity index (χ2v) is 16.5. The van der Waals surface area contributed by atoms with Crippen molar-refractivity contribution in [1.82, 2.24) is 0 Å². The molecule has 12 rings (SSSR count). The van der Waals surface area contributed by atoms with Gasteiger partial charge in [0.1, 0.15) is 11.2 Å². The highest BCUT2D eigenvalue weighted by Crippen LogP contribution is 2.47. The summed E-state index contributed by atoms with van der Waals surface area (Å²) in [4.78, 5) is 4.77. The summed E-state index contributed by atoms with van der Waals surface area (Å²) in [7, 11) is 0. The fourth-order valence-electron chi connectivity index (χ4n) is 9.52. The van der Waals surface area contributed by atoms with Crippen LogP contribution in [0, 0.1) is 0 Å². The maximum atomic E-state index is 6.81. The molecule has 3 nitrogen and oxygen atoms in total. The lowest BCUT2D eigenvalue weighted by Crippen LogP contribution is -2.12. The molecule has 0 radical (unpaired) electrons. The van der Waals surface area contributed by atoms with Gasteiger partial charge >= 0.3 is 0 Å². The zero-order valence-electron chi connectivity index (χ0n) is 35.6. The number of hydrogen-bond donors (Lipinski definition) is 0. The Kier molecular flexibility index (Phi) is 9.50. The fourth-order valence-corrected chi connectivity index (χ4v) is 9.52. The van der Waals surface area contributed by atoms with Crippen LogP contribution in [-0.2, 0) is 0 Å². The van der Waals surface area contributed by atoms with Gasteiger partial charge in [-0.2, -0.15) is 0 Å². The van der Waals surface area contributed by atoms with E-state index in [1.54, 1.807) is 0 Å². The first kappa shape index (κ1) is 38.0. The van der Waals surface area contributed by atoms with Gasteiger partial charge in [0, 0.05) is 44.5 Å². The van der Waals surface area contributed by atoms with Gasteiger partial charge in [-0.1, -0.05) is 176 Å². The molecule has 0 saturated heterocycles. The molecule has 0 bridgehead atoms. The fraction of sp³-hybridized carbons (Fsp3) is 0. The van der Waals surface area contributed by atoms with Crippen molar-refractivity contribution in [3.63, 3.8) is 0 Å². The van der Waals surface area contributed by atoms with Crippen molar-refractivity contribution in [3.05, 3.63) is 255 Å². The van der Waals surface area contributed by atoms with Crippen LogP contribution in [0.15, 0.2) is 259 Å². The number of anilines is 6. The van der Waals surface area contributed by atoms with E-state index >= 15 is 0 Å². The lowest BCUT2D eigenvalue weighted by Gasteiger charge is -2.30. The molecule has 12 aromatic rings. The van der Waals surface area contributed by atoms with E-state index in [1.807, 2.05) is 0 Å². The predicted molar refractivity (Wildman–Crippen MR) is 274 cm³/mol. The first-order chi connectivity index (χ1) is 32.2. The van der Waals surface area contributed by atoms with Gasteiger partial charge in [0.05, 0.1) is 17.1 Å². The van der Waals surface area contributed by atoms with Crippen LogP contribution in [0.4, 0.5) is 34.1 Å². The smallest absolute Gasteiger partial charge is 0.136 e. The number of benzene rings is 11. The van der Waals surface area contributed by atoms with Gasteiger partial charge < -0.3 is 14.2 Å². The highest BCUT2D eigenvalue weighted by molar-refractivity contribution is 6.14. The zero-order valence-corrected chi connectivity index (χ0v) is 35.6. The second-order valence-electron chi connectivity index (χ2n) is 16.5. The zero-order chi connectivity index (χ0) is 43.1. The van der Waals surface area contributed by atoms with Crippen LogP contribution in [-0.4, -0.2) is 0 Å². The number of rotatable bonds is 9. The molecule has 0 fully saturated rings. The maximum absolute atomic E-state index is 6.81. The molecule has 0 aliphatic heterocycles. The summed E-state index contributed by atoms with van der Waals surface area (Å²) in [6.45, 7) is 0. The minimum atomic E-state index is 0.865. The van der Waals surface area contributed by atoms with Gasteiger partial charge in [0.15, 0.2) is 0 Å². The Bertz CT molecular complexity index is 3570. The van der Waals surface area contributed by atoms with Gasteiger partial charge in [-0.25, -0.2) is 0 Å². The van der Waals surface area contributed by atoms with Crippen molar-refractivity contribution in [1.29, 1.82) is 0 Å². The van der Waals surface area contributed by atoms with E-state index in [2.05, 4.69) is 265 Å². The van der Waals surface area contributed by atoms with E-state index < -0.39 is 0 Å². The topological polar surface area (TPSA) is 19.6 Å². The third kappa shape index (κ3) is 6.97. The highest BCUT2D eigenvalue weighted by Gasteiger charge is 2.22. The van der Waals surface area contributed by atoms with Crippen LogP contribution >= 0.6 is 0 Å². The molecule has 0 spiro atoms. The van der Waals surface area contributed by atoms with E-state index in [1.165, 1.54) is 22.3 Å². The molecule has 0 aliphatic carbocycles. The Balaban J connectivity index is 0.991. The molecule has 0 unspecified atom stereocenters. The van der Waals surface area contributed by atoms with Gasteiger partial charge in [0.25, 0.3) is 0 Å². The van der Waals surface area contributed by atoms with Crippen molar-refractivity contribution in [3.8, 4) is 33.4 Å². The summed E-state index contributed by atoms with van der Waals surface area (Å²) >= 11 is 0. The molecule has 306 valence electrons. The molecule has 0 amide bonds. The Hall–Kier alpha value is -8.66. The third-order valence-electron chi connectivity index (χ3n) is 12.6. The molecule has 0 aliphatic rings. The summed E-state index contributed by atoms with van der Waals surface area (Å²) in [6, 6.07) is 91.2. The minimum absolute atomic E-state index is 0.865. The van der Waals surface area contributed by atoms with Crippen LogP contribution < -0.4 is 9.80 Å². The Morgan fingerprint density at radius 1 is 0.246 bits per heavy atom. The summed E-state index contributed by atoms with van der Waals surface area (Å²) in [5.41, 5.74) is 15.3.